The van der Waals surface area contributed by atoms with Gasteiger partial charge in [-0.05, 0) is 55.0 Å². The number of benzene rings is 3. The highest BCUT2D eigenvalue weighted by molar-refractivity contribution is 7.92. The summed E-state index contributed by atoms with van der Waals surface area (Å²) in [4.78, 5) is 12.6. The molecule has 5 nitrogen and oxygen atoms in total. The smallest absolute Gasteiger partial charge is 0.261 e. The molecule has 2 N–H and O–H groups in total. The number of hydrogen-bond acceptors (Lipinski definition) is 3. The van der Waals surface area contributed by atoms with Crippen LogP contribution in [0.4, 0.5) is 14.5 Å². The largest absolute Gasteiger partial charge is 0.346 e. The van der Waals surface area contributed by atoms with E-state index in [9.17, 15) is 22.0 Å². The molecule has 0 bridgehead atoms. The minimum absolute atomic E-state index is 0.0989. The Balaban J connectivity index is 1.75. The second kappa shape index (κ2) is 8.40. The summed E-state index contributed by atoms with van der Waals surface area (Å²) in [5, 5.41) is 2.68. The average Bonchev–Trinajstić information content (AvgIpc) is 2.70. The third-order valence-electron chi connectivity index (χ3n) is 4.22. The zero-order valence-corrected chi connectivity index (χ0v) is 16.2. The van der Waals surface area contributed by atoms with Crippen LogP contribution in [-0.4, -0.2) is 14.3 Å². The van der Waals surface area contributed by atoms with E-state index in [0.29, 0.717) is 5.56 Å². The molecule has 1 amide bonds. The quantitative estimate of drug-likeness (QED) is 0.631. The summed E-state index contributed by atoms with van der Waals surface area (Å²) in [5.41, 5.74) is 0.841. The maximum absolute atomic E-state index is 13.4. The minimum atomic E-state index is -3.79. The van der Waals surface area contributed by atoms with Crippen molar-refractivity contribution in [2.24, 2.45) is 0 Å². The monoisotopic (exact) mass is 416 g/mol. The van der Waals surface area contributed by atoms with Crippen LogP contribution < -0.4 is 10.0 Å². The lowest BCUT2D eigenvalue weighted by Gasteiger charge is -2.15. The standard InChI is InChI=1S/C21H18F2N2O3S/c1-14(15-10-11-19(22)20(23)13-15)24-21(26)16-6-5-7-17(12-16)25-29(27,28)18-8-3-2-4-9-18/h2-14,25H,1H3,(H,24,26). The zero-order chi connectivity index (χ0) is 21.0. The lowest BCUT2D eigenvalue weighted by Crippen LogP contribution is -2.27. The summed E-state index contributed by atoms with van der Waals surface area (Å²) < 4.78 is 53.8. The van der Waals surface area contributed by atoms with E-state index >= 15 is 0 Å². The number of amides is 1. The number of rotatable bonds is 6. The molecule has 0 radical (unpaired) electrons. The van der Waals surface area contributed by atoms with E-state index < -0.39 is 33.6 Å². The van der Waals surface area contributed by atoms with Gasteiger partial charge in [-0.25, -0.2) is 17.2 Å². The second-order valence-corrected chi connectivity index (χ2v) is 8.05. The fourth-order valence-corrected chi connectivity index (χ4v) is 3.75. The van der Waals surface area contributed by atoms with Gasteiger partial charge >= 0.3 is 0 Å². The fraction of sp³-hybridized carbons (Fsp3) is 0.0952. The SMILES string of the molecule is CC(NC(=O)c1cccc(NS(=O)(=O)c2ccccc2)c1)c1ccc(F)c(F)c1. The molecule has 0 aliphatic rings. The topological polar surface area (TPSA) is 75.3 Å². The van der Waals surface area contributed by atoms with Gasteiger partial charge < -0.3 is 5.32 Å². The van der Waals surface area contributed by atoms with E-state index in [-0.39, 0.29) is 16.1 Å². The second-order valence-electron chi connectivity index (χ2n) is 6.37. The first-order chi connectivity index (χ1) is 13.8. The van der Waals surface area contributed by atoms with Gasteiger partial charge in [0.05, 0.1) is 10.9 Å². The molecule has 1 atom stereocenters. The molecular weight excluding hydrogens is 398 g/mol. The first-order valence-electron chi connectivity index (χ1n) is 8.70. The van der Waals surface area contributed by atoms with Crippen LogP contribution in [0.1, 0.15) is 28.9 Å². The average molecular weight is 416 g/mol. The van der Waals surface area contributed by atoms with Gasteiger partial charge in [0.25, 0.3) is 15.9 Å². The summed E-state index contributed by atoms with van der Waals surface area (Å²) in [6.07, 6.45) is 0. The Morgan fingerprint density at radius 3 is 2.31 bits per heavy atom. The molecule has 0 saturated carbocycles. The molecule has 0 aliphatic carbocycles. The predicted octanol–water partition coefficient (Wildman–Crippen LogP) is 4.26. The van der Waals surface area contributed by atoms with E-state index in [1.54, 1.807) is 31.2 Å². The Hall–Kier alpha value is -3.26. The lowest BCUT2D eigenvalue weighted by atomic mass is 10.1. The van der Waals surface area contributed by atoms with Gasteiger partial charge in [0.1, 0.15) is 0 Å². The molecule has 29 heavy (non-hydrogen) atoms. The van der Waals surface area contributed by atoms with Crippen molar-refractivity contribution in [3.63, 3.8) is 0 Å². The lowest BCUT2D eigenvalue weighted by molar-refractivity contribution is 0.0940. The molecule has 3 aromatic carbocycles. The molecule has 0 spiro atoms. The van der Waals surface area contributed by atoms with Crippen LogP contribution in [0, 0.1) is 11.6 Å². The van der Waals surface area contributed by atoms with E-state index in [2.05, 4.69) is 10.0 Å². The highest BCUT2D eigenvalue weighted by Crippen LogP contribution is 2.19. The third kappa shape index (κ3) is 4.97. The van der Waals surface area contributed by atoms with Crippen LogP contribution in [0.15, 0.2) is 77.7 Å². The van der Waals surface area contributed by atoms with Crippen LogP contribution in [0.2, 0.25) is 0 Å². The number of anilines is 1. The van der Waals surface area contributed by atoms with Crippen molar-refractivity contribution in [2.75, 3.05) is 4.72 Å². The summed E-state index contributed by atoms with van der Waals surface area (Å²) >= 11 is 0. The van der Waals surface area contributed by atoms with Crippen LogP contribution in [0.25, 0.3) is 0 Å². The van der Waals surface area contributed by atoms with Gasteiger partial charge in [0.15, 0.2) is 11.6 Å². The molecule has 1 unspecified atom stereocenters. The normalized spacial score (nSPS) is 12.2. The van der Waals surface area contributed by atoms with Gasteiger partial charge in [-0.2, -0.15) is 0 Å². The summed E-state index contributed by atoms with van der Waals surface area (Å²) in [6, 6.07) is 16.6. The van der Waals surface area contributed by atoms with E-state index in [4.69, 9.17) is 0 Å². The molecule has 0 heterocycles. The van der Waals surface area contributed by atoms with Crippen molar-refractivity contribution in [1.82, 2.24) is 5.32 Å². The summed E-state index contributed by atoms with van der Waals surface area (Å²) in [5.74, 6) is -2.45. The summed E-state index contributed by atoms with van der Waals surface area (Å²) in [6.45, 7) is 1.63. The highest BCUT2D eigenvalue weighted by Gasteiger charge is 2.16. The van der Waals surface area contributed by atoms with Crippen molar-refractivity contribution in [2.45, 2.75) is 17.9 Å². The Morgan fingerprint density at radius 1 is 0.897 bits per heavy atom. The van der Waals surface area contributed by atoms with Crippen molar-refractivity contribution in [3.8, 4) is 0 Å². The van der Waals surface area contributed by atoms with Crippen molar-refractivity contribution >= 4 is 21.6 Å². The molecule has 0 aromatic heterocycles. The van der Waals surface area contributed by atoms with Crippen molar-refractivity contribution < 1.29 is 22.0 Å². The maximum Gasteiger partial charge on any atom is 0.261 e. The van der Waals surface area contributed by atoms with Gasteiger partial charge in [0.2, 0.25) is 0 Å². The molecule has 150 valence electrons. The highest BCUT2D eigenvalue weighted by atomic mass is 32.2. The number of halogens is 2. The van der Waals surface area contributed by atoms with Crippen LogP contribution in [0.5, 0.6) is 0 Å². The first-order valence-corrected chi connectivity index (χ1v) is 10.2. The molecule has 0 aliphatic heterocycles. The summed E-state index contributed by atoms with van der Waals surface area (Å²) in [7, 11) is -3.79. The molecule has 3 aromatic rings. The van der Waals surface area contributed by atoms with E-state index in [1.165, 1.54) is 36.4 Å². The fourth-order valence-electron chi connectivity index (χ4n) is 2.68. The van der Waals surface area contributed by atoms with Gasteiger partial charge in [0, 0.05) is 11.3 Å². The van der Waals surface area contributed by atoms with Crippen LogP contribution >= 0.6 is 0 Å². The van der Waals surface area contributed by atoms with Gasteiger partial charge in [-0.1, -0.05) is 30.3 Å². The Labute approximate surface area is 167 Å². The minimum Gasteiger partial charge on any atom is -0.346 e. The molecule has 0 saturated heterocycles. The Morgan fingerprint density at radius 2 is 1.62 bits per heavy atom. The Kier molecular flexibility index (Phi) is 5.93. The molecule has 8 heteroatoms. The number of hydrogen-bond donors (Lipinski definition) is 2. The maximum atomic E-state index is 13.4. The molecule has 0 fully saturated rings. The van der Waals surface area contributed by atoms with Gasteiger partial charge in [-0.3, -0.25) is 9.52 Å². The molecule has 3 rings (SSSR count). The number of sulfonamides is 1. The van der Waals surface area contributed by atoms with Crippen LogP contribution in [-0.2, 0) is 10.0 Å². The number of carbonyl (C=O) groups is 1. The van der Waals surface area contributed by atoms with Crippen molar-refractivity contribution in [1.29, 1.82) is 0 Å². The van der Waals surface area contributed by atoms with Gasteiger partial charge in [-0.15, -0.1) is 0 Å². The predicted molar refractivity (Wildman–Crippen MR) is 106 cm³/mol. The van der Waals surface area contributed by atoms with E-state index in [1.807, 2.05) is 0 Å². The molecular formula is C21H18F2N2O3S. The van der Waals surface area contributed by atoms with Crippen LogP contribution in [0.3, 0.4) is 0 Å². The number of carbonyl (C=O) groups excluding carboxylic acids is 1. The zero-order valence-electron chi connectivity index (χ0n) is 15.4. The Bertz CT molecular complexity index is 1140. The first kappa shape index (κ1) is 20.5. The number of nitrogens with one attached hydrogen (secondary N) is 2. The van der Waals surface area contributed by atoms with Crippen molar-refractivity contribution in [3.05, 3.63) is 95.6 Å². The van der Waals surface area contributed by atoms with E-state index in [0.717, 1.165) is 12.1 Å². The third-order valence-corrected chi connectivity index (χ3v) is 5.62.